The molecule has 1 aliphatic carbocycles. The second-order valence-corrected chi connectivity index (χ2v) is 12.6. The van der Waals surface area contributed by atoms with Gasteiger partial charge >= 0.3 is 0 Å². The molecule has 1 aliphatic heterocycles. The molecule has 0 aromatic carbocycles. The number of piperidine rings is 1. The minimum absolute atomic E-state index is 0.0671. The smallest absolute Gasteiger partial charge is 0.223 e. The summed E-state index contributed by atoms with van der Waals surface area (Å²) in [6.45, 7) is 6.66. The van der Waals surface area contributed by atoms with E-state index in [9.17, 15) is 5.11 Å². The monoisotopic (exact) mass is 635 g/mol. The van der Waals surface area contributed by atoms with Gasteiger partial charge in [0.25, 0.3) is 0 Å². The van der Waals surface area contributed by atoms with Crippen LogP contribution in [0.15, 0.2) is 36.8 Å². The second kappa shape index (κ2) is 12.9. The van der Waals surface area contributed by atoms with Gasteiger partial charge in [0.15, 0.2) is 5.82 Å². The van der Waals surface area contributed by atoms with Crippen LogP contribution in [0.25, 0.3) is 22.6 Å². The van der Waals surface area contributed by atoms with Crippen LogP contribution in [0.4, 0.5) is 15.9 Å². The third-order valence-electron chi connectivity index (χ3n) is 8.80. The fourth-order valence-electron chi connectivity index (χ4n) is 6.15. The van der Waals surface area contributed by atoms with Crippen molar-refractivity contribution in [1.82, 2.24) is 34.6 Å². The number of aliphatic hydroxyl groups is 1. The number of pyridine rings is 2. The van der Waals surface area contributed by atoms with Crippen LogP contribution in [0, 0.1) is 18.7 Å². The maximum atomic E-state index is 15.5. The lowest BCUT2D eigenvalue weighted by Crippen LogP contribution is -2.38. The highest BCUT2D eigenvalue weighted by atomic mass is 35.5. The largest absolute Gasteiger partial charge is 0.477 e. The van der Waals surface area contributed by atoms with E-state index in [4.69, 9.17) is 22.1 Å². The van der Waals surface area contributed by atoms with E-state index in [1.54, 1.807) is 48.5 Å². The van der Waals surface area contributed by atoms with Crippen molar-refractivity contribution in [3.63, 3.8) is 0 Å². The average Bonchev–Trinajstić information content (AvgIpc) is 3.68. The molecule has 0 spiro atoms. The van der Waals surface area contributed by atoms with Crippen molar-refractivity contribution in [3.05, 3.63) is 59.0 Å². The second-order valence-electron chi connectivity index (χ2n) is 12.3. The van der Waals surface area contributed by atoms with E-state index in [1.165, 1.54) is 0 Å². The number of nitrogens with two attached hydrogens (primary N) is 1. The molecule has 11 nitrogen and oxygen atoms in total. The van der Waals surface area contributed by atoms with E-state index in [0.29, 0.717) is 59.8 Å². The highest BCUT2D eigenvalue weighted by Gasteiger charge is 2.48. The van der Waals surface area contributed by atoms with E-state index in [-0.39, 0.29) is 16.9 Å². The normalized spacial score (nSPS) is 17.3. The SMILES string of the molecule is Cc1nn(C)c(OCC[C@H](C)Nc2cc(Cl)ncc2-c2ncc(CN3CCC(C4(O)CC4)CC3)cc2F)c1-c1nccc(N)n1. The predicted molar refractivity (Wildman–Crippen MR) is 171 cm³/mol. The third kappa shape index (κ3) is 7.03. The molecule has 0 bridgehead atoms. The molecule has 0 radical (unpaired) electrons. The van der Waals surface area contributed by atoms with Crippen molar-refractivity contribution in [1.29, 1.82) is 0 Å². The topological polar surface area (TPSA) is 140 Å². The molecule has 4 aromatic rings. The van der Waals surface area contributed by atoms with Crippen molar-refractivity contribution in [2.24, 2.45) is 13.0 Å². The maximum absolute atomic E-state index is 15.5. The lowest BCUT2D eigenvalue weighted by Gasteiger charge is -2.34. The number of nitrogen functional groups attached to an aromatic ring is 1. The van der Waals surface area contributed by atoms with Crippen LogP contribution in [0.5, 0.6) is 5.88 Å². The molecule has 0 unspecified atom stereocenters. The highest BCUT2D eigenvalue weighted by Crippen LogP contribution is 2.46. The van der Waals surface area contributed by atoms with E-state index in [1.807, 2.05) is 13.8 Å². The number of aryl methyl sites for hydroxylation is 2. The van der Waals surface area contributed by atoms with Gasteiger partial charge in [-0.3, -0.25) is 9.88 Å². The van der Waals surface area contributed by atoms with Gasteiger partial charge in [0.05, 0.1) is 17.9 Å². The summed E-state index contributed by atoms with van der Waals surface area (Å²) < 4.78 is 23.3. The van der Waals surface area contributed by atoms with Crippen molar-refractivity contribution < 1.29 is 14.2 Å². The van der Waals surface area contributed by atoms with Gasteiger partial charge in [-0.05, 0) is 82.3 Å². The molecule has 0 amide bonds. The molecule has 13 heteroatoms. The number of hydrogen-bond acceptors (Lipinski definition) is 10. The molecular weight excluding hydrogens is 597 g/mol. The number of likely N-dealkylation sites (tertiary alicyclic amines) is 1. The number of rotatable bonds is 11. The minimum atomic E-state index is -0.431. The summed E-state index contributed by atoms with van der Waals surface area (Å²) in [5.74, 6) is 1.33. The molecule has 1 atom stereocenters. The number of nitrogens with zero attached hydrogens (tertiary/aromatic N) is 7. The van der Waals surface area contributed by atoms with Gasteiger partial charge in [0.2, 0.25) is 5.88 Å². The van der Waals surface area contributed by atoms with Crippen molar-refractivity contribution in [2.75, 3.05) is 30.7 Å². The summed E-state index contributed by atoms with van der Waals surface area (Å²) >= 11 is 6.25. The Morgan fingerprint density at radius 2 is 1.98 bits per heavy atom. The lowest BCUT2D eigenvalue weighted by atomic mass is 9.89. The van der Waals surface area contributed by atoms with E-state index < -0.39 is 11.4 Å². The van der Waals surface area contributed by atoms with Gasteiger partial charge in [-0.1, -0.05) is 11.6 Å². The maximum Gasteiger partial charge on any atom is 0.223 e. The van der Waals surface area contributed by atoms with Gasteiger partial charge < -0.3 is 20.9 Å². The zero-order valence-corrected chi connectivity index (χ0v) is 26.6. The molecule has 238 valence electrons. The fraction of sp³-hybridized carbons (Fsp3) is 0.469. The Morgan fingerprint density at radius 1 is 1.20 bits per heavy atom. The standard InChI is InChI=1S/C32H39ClFN9O2/c1-19(7-13-45-31-28(20(2)41-42(31)3)30-36-10-4-27(35)40-30)39-25-15-26(33)37-17-23(25)29-24(34)14-21(16-38-29)18-43-11-5-22(6-12-43)32(44)8-9-32/h4,10,14-17,19,22,44H,5-9,11-13,18H2,1-3H3,(H,37,39)(H2,35,36,40)/t19-/m0/s1. The number of halogens is 2. The van der Waals surface area contributed by atoms with Crippen LogP contribution < -0.4 is 15.8 Å². The van der Waals surface area contributed by atoms with Gasteiger partial charge in [-0.25, -0.2) is 24.0 Å². The van der Waals surface area contributed by atoms with Crippen molar-refractivity contribution in [3.8, 4) is 28.5 Å². The summed E-state index contributed by atoms with van der Waals surface area (Å²) in [4.78, 5) is 19.7. The Labute approximate surface area is 267 Å². The summed E-state index contributed by atoms with van der Waals surface area (Å²) in [6.07, 6.45) is 9.27. The van der Waals surface area contributed by atoms with Crippen LogP contribution in [0.1, 0.15) is 50.3 Å². The van der Waals surface area contributed by atoms with Gasteiger partial charge in [0, 0.05) is 55.9 Å². The highest BCUT2D eigenvalue weighted by molar-refractivity contribution is 6.29. The Hall–Kier alpha value is -3.87. The van der Waals surface area contributed by atoms with Crippen LogP contribution in [-0.2, 0) is 13.6 Å². The zero-order chi connectivity index (χ0) is 31.7. The number of anilines is 2. The molecule has 1 saturated heterocycles. The molecule has 1 saturated carbocycles. The third-order valence-corrected chi connectivity index (χ3v) is 9.01. The quantitative estimate of drug-likeness (QED) is 0.192. The van der Waals surface area contributed by atoms with E-state index in [0.717, 1.165) is 50.0 Å². The first-order valence-electron chi connectivity index (χ1n) is 15.4. The van der Waals surface area contributed by atoms with Crippen molar-refractivity contribution >= 4 is 23.1 Å². The Morgan fingerprint density at radius 3 is 2.69 bits per heavy atom. The molecular formula is C32H39ClFN9O2. The molecule has 5 heterocycles. The summed E-state index contributed by atoms with van der Waals surface area (Å²) in [7, 11) is 1.81. The number of aromatic nitrogens is 6. The molecule has 6 rings (SSSR count). The van der Waals surface area contributed by atoms with Crippen LogP contribution in [0.2, 0.25) is 5.15 Å². The fourth-order valence-corrected chi connectivity index (χ4v) is 6.30. The summed E-state index contributed by atoms with van der Waals surface area (Å²) in [5.41, 5.74) is 9.05. The Balaban J connectivity index is 1.09. The first-order chi connectivity index (χ1) is 21.6. The molecule has 2 aliphatic rings. The van der Waals surface area contributed by atoms with Crippen molar-refractivity contribution in [2.45, 2.75) is 64.1 Å². The molecule has 45 heavy (non-hydrogen) atoms. The lowest BCUT2D eigenvalue weighted by molar-refractivity contribution is 0.0375. The van der Waals surface area contributed by atoms with E-state index in [2.05, 4.69) is 35.3 Å². The van der Waals surface area contributed by atoms with Gasteiger partial charge in [-0.15, -0.1) is 0 Å². The number of hydrogen-bond donors (Lipinski definition) is 3. The van der Waals surface area contributed by atoms with Gasteiger partial charge in [0.1, 0.15) is 28.0 Å². The molecule has 2 fully saturated rings. The van der Waals surface area contributed by atoms with E-state index >= 15 is 4.39 Å². The minimum Gasteiger partial charge on any atom is -0.477 e. The van der Waals surface area contributed by atoms with Gasteiger partial charge in [-0.2, -0.15) is 5.10 Å². The van der Waals surface area contributed by atoms with Crippen LogP contribution in [-0.4, -0.2) is 71.1 Å². The Kier molecular flexibility index (Phi) is 8.89. The predicted octanol–water partition coefficient (Wildman–Crippen LogP) is 5.02. The number of nitrogens with one attached hydrogen (secondary N) is 1. The zero-order valence-electron chi connectivity index (χ0n) is 25.8. The Bertz CT molecular complexity index is 1670. The molecule has 4 aromatic heterocycles. The summed E-state index contributed by atoms with van der Waals surface area (Å²) in [6, 6.07) is 4.80. The first kappa shape index (κ1) is 31.1. The molecule has 4 N–H and O–H groups in total. The average molecular weight is 636 g/mol. The number of ether oxygens (including phenoxy) is 1. The first-order valence-corrected chi connectivity index (χ1v) is 15.7. The van der Waals surface area contributed by atoms with Crippen LogP contribution >= 0.6 is 11.6 Å². The summed E-state index contributed by atoms with van der Waals surface area (Å²) in [5, 5.41) is 18.6. The van der Waals surface area contributed by atoms with Crippen LogP contribution in [0.3, 0.4) is 0 Å².